The molecule has 1 aromatic carbocycles. The summed E-state index contributed by atoms with van der Waals surface area (Å²) in [5, 5.41) is 3.72. The molecule has 1 N–H and O–H groups in total. The third-order valence-corrected chi connectivity index (χ3v) is 5.13. The summed E-state index contributed by atoms with van der Waals surface area (Å²) < 4.78 is 0. The molecule has 0 aliphatic carbocycles. The first-order valence-electron chi connectivity index (χ1n) is 7.95. The lowest BCUT2D eigenvalue weighted by Crippen LogP contribution is -2.52. The molecule has 1 aliphatic heterocycles. The Bertz CT molecular complexity index is 369. The zero-order valence-electron chi connectivity index (χ0n) is 12.8. The number of hydrogen-bond acceptors (Lipinski definition) is 3. The Morgan fingerprint density at radius 1 is 1.25 bits per heavy atom. The molecule has 1 aromatic rings. The smallest absolute Gasteiger partial charge is 0.0449 e. The molecule has 1 aliphatic rings. The molecule has 0 spiro atoms. The van der Waals surface area contributed by atoms with Gasteiger partial charge in [0.05, 0.1) is 0 Å². The van der Waals surface area contributed by atoms with Crippen LogP contribution in [0.15, 0.2) is 30.3 Å². The second-order valence-corrected chi connectivity index (χ2v) is 6.87. The highest BCUT2D eigenvalue weighted by Crippen LogP contribution is 2.21. The van der Waals surface area contributed by atoms with Gasteiger partial charge < -0.3 is 5.32 Å². The zero-order valence-corrected chi connectivity index (χ0v) is 13.7. The number of rotatable bonds is 7. The van der Waals surface area contributed by atoms with E-state index in [2.05, 4.69) is 66.2 Å². The molecule has 2 nitrogen and oxygen atoms in total. The van der Waals surface area contributed by atoms with Crippen LogP contribution in [0.25, 0.3) is 0 Å². The van der Waals surface area contributed by atoms with Gasteiger partial charge in [-0.05, 0) is 36.5 Å². The maximum atomic E-state index is 3.72. The molecule has 1 saturated heterocycles. The van der Waals surface area contributed by atoms with Gasteiger partial charge in [-0.15, -0.1) is 0 Å². The molecule has 0 saturated carbocycles. The summed E-state index contributed by atoms with van der Waals surface area (Å²) in [4.78, 5) is 2.70. The standard InChI is InChI=1S/C17H28N2S/c1-3-16-13-18-17(15-9-6-5-7-10-15)14-19(16)11-8-12-20-4-2/h5-7,9-10,16-18H,3-4,8,11-14H2,1-2H3. The minimum Gasteiger partial charge on any atom is -0.307 e. The molecule has 0 amide bonds. The molecule has 20 heavy (non-hydrogen) atoms. The SMILES string of the molecule is CCSCCCN1CC(c2ccccc2)NCC1CC. The summed E-state index contributed by atoms with van der Waals surface area (Å²) >= 11 is 2.06. The molecular weight excluding hydrogens is 264 g/mol. The first-order chi connectivity index (χ1) is 9.85. The highest BCUT2D eigenvalue weighted by Gasteiger charge is 2.26. The molecule has 2 rings (SSSR count). The van der Waals surface area contributed by atoms with Crippen LogP contribution in [0.1, 0.15) is 38.3 Å². The lowest BCUT2D eigenvalue weighted by Gasteiger charge is -2.40. The van der Waals surface area contributed by atoms with Gasteiger partial charge in [-0.25, -0.2) is 0 Å². The van der Waals surface area contributed by atoms with Crippen molar-refractivity contribution in [2.75, 3.05) is 31.1 Å². The van der Waals surface area contributed by atoms with Crippen molar-refractivity contribution in [2.45, 2.75) is 38.8 Å². The van der Waals surface area contributed by atoms with Crippen LogP contribution in [-0.2, 0) is 0 Å². The number of piperazine rings is 1. The average Bonchev–Trinajstić information content (AvgIpc) is 2.52. The minimum absolute atomic E-state index is 0.498. The van der Waals surface area contributed by atoms with Gasteiger partial charge in [0.15, 0.2) is 0 Å². The first kappa shape index (κ1) is 15.9. The summed E-state index contributed by atoms with van der Waals surface area (Å²) in [5.74, 6) is 2.54. The van der Waals surface area contributed by atoms with E-state index in [0.29, 0.717) is 12.1 Å². The molecule has 112 valence electrons. The van der Waals surface area contributed by atoms with E-state index in [1.165, 1.54) is 36.5 Å². The largest absolute Gasteiger partial charge is 0.307 e. The molecule has 1 fully saturated rings. The topological polar surface area (TPSA) is 15.3 Å². The number of thioether (sulfide) groups is 1. The quantitative estimate of drug-likeness (QED) is 0.774. The predicted molar refractivity (Wildman–Crippen MR) is 90.5 cm³/mol. The summed E-state index contributed by atoms with van der Waals surface area (Å²) in [6.07, 6.45) is 2.56. The van der Waals surface area contributed by atoms with Crippen LogP contribution >= 0.6 is 11.8 Å². The molecule has 1 heterocycles. The molecule has 0 aromatic heterocycles. The fraction of sp³-hybridized carbons (Fsp3) is 0.647. The van der Waals surface area contributed by atoms with Gasteiger partial charge in [0.25, 0.3) is 0 Å². The van der Waals surface area contributed by atoms with E-state index in [1.54, 1.807) is 0 Å². The van der Waals surface area contributed by atoms with Crippen molar-refractivity contribution in [2.24, 2.45) is 0 Å². The normalized spacial score (nSPS) is 23.9. The van der Waals surface area contributed by atoms with Crippen LogP contribution < -0.4 is 5.32 Å². The van der Waals surface area contributed by atoms with E-state index in [4.69, 9.17) is 0 Å². The average molecular weight is 292 g/mol. The van der Waals surface area contributed by atoms with E-state index in [9.17, 15) is 0 Å². The van der Waals surface area contributed by atoms with Gasteiger partial charge in [-0.3, -0.25) is 4.90 Å². The number of hydrogen-bond donors (Lipinski definition) is 1. The van der Waals surface area contributed by atoms with Crippen LogP contribution in [0, 0.1) is 0 Å². The Morgan fingerprint density at radius 3 is 2.75 bits per heavy atom. The van der Waals surface area contributed by atoms with Crippen LogP contribution in [0.5, 0.6) is 0 Å². The monoisotopic (exact) mass is 292 g/mol. The van der Waals surface area contributed by atoms with Gasteiger partial charge in [0.1, 0.15) is 0 Å². The van der Waals surface area contributed by atoms with Gasteiger partial charge in [0.2, 0.25) is 0 Å². The van der Waals surface area contributed by atoms with Crippen molar-refractivity contribution in [1.82, 2.24) is 10.2 Å². The van der Waals surface area contributed by atoms with Gasteiger partial charge in [-0.1, -0.05) is 44.2 Å². The number of nitrogens with one attached hydrogen (secondary N) is 1. The van der Waals surface area contributed by atoms with Crippen molar-refractivity contribution in [3.63, 3.8) is 0 Å². The summed E-state index contributed by atoms with van der Waals surface area (Å²) in [6.45, 7) is 8.07. The van der Waals surface area contributed by atoms with E-state index in [1.807, 2.05) is 0 Å². The Balaban J connectivity index is 1.89. The van der Waals surface area contributed by atoms with E-state index >= 15 is 0 Å². The minimum atomic E-state index is 0.498. The number of nitrogens with zero attached hydrogens (tertiary/aromatic N) is 1. The highest BCUT2D eigenvalue weighted by atomic mass is 32.2. The van der Waals surface area contributed by atoms with Crippen LogP contribution in [-0.4, -0.2) is 42.1 Å². The summed E-state index contributed by atoms with van der Waals surface area (Å²) in [7, 11) is 0. The Kier molecular flexibility index (Phi) is 6.91. The van der Waals surface area contributed by atoms with Crippen molar-refractivity contribution in [1.29, 1.82) is 0 Å². The molecular formula is C17H28N2S. The highest BCUT2D eigenvalue weighted by molar-refractivity contribution is 7.99. The maximum Gasteiger partial charge on any atom is 0.0449 e. The van der Waals surface area contributed by atoms with Crippen molar-refractivity contribution >= 4 is 11.8 Å². The van der Waals surface area contributed by atoms with Crippen molar-refractivity contribution in [3.8, 4) is 0 Å². The molecule has 2 unspecified atom stereocenters. The van der Waals surface area contributed by atoms with Crippen LogP contribution in [0.2, 0.25) is 0 Å². The van der Waals surface area contributed by atoms with Gasteiger partial charge in [0, 0.05) is 25.2 Å². The fourth-order valence-electron chi connectivity index (χ4n) is 2.95. The van der Waals surface area contributed by atoms with Crippen molar-refractivity contribution in [3.05, 3.63) is 35.9 Å². The van der Waals surface area contributed by atoms with Crippen molar-refractivity contribution < 1.29 is 0 Å². The lowest BCUT2D eigenvalue weighted by molar-refractivity contribution is 0.127. The second-order valence-electron chi connectivity index (χ2n) is 5.48. The molecule has 2 atom stereocenters. The molecule has 0 bridgehead atoms. The third-order valence-electron chi connectivity index (χ3n) is 4.14. The Morgan fingerprint density at radius 2 is 2.05 bits per heavy atom. The summed E-state index contributed by atoms with van der Waals surface area (Å²) in [6, 6.07) is 12.1. The van der Waals surface area contributed by atoms with E-state index < -0.39 is 0 Å². The Hall–Kier alpha value is -0.510. The van der Waals surface area contributed by atoms with Crippen LogP contribution in [0.4, 0.5) is 0 Å². The first-order valence-corrected chi connectivity index (χ1v) is 9.10. The Labute approximate surface area is 128 Å². The third kappa shape index (κ3) is 4.51. The molecule has 0 radical (unpaired) electrons. The predicted octanol–water partition coefficient (Wildman–Crippen LogP) is 3.55. The second kappa shape index (κ2) is 8.71. The van der Waals surface area contributed by atoms with E-state index in [0.717, 1.165) is 13.1 Å². The fourth-order valence-corrected chi connectivity index (χ4v) is 3.58. The number of benzene rings is 1. The lowest BCUT2D eigenvalue weighted by atomic mass is 10.0. The van der Waals surface area contributed by atoms with E-state index in [-0.39, 0.29) is 0 Å². The summed E-state index contributed by atoms with van der Waals surface area (Å²) in [5.41, 5.74) is 1.43. The maximum absolute atomic E-state index is 3.72. The van der Waals surface area contributed by atoms with Crippen LogP contribution in [0.3, 0.4) is 0 Å². The van der Waals surface area contributed by atoms with Gasteiger partial charge in [-0.2, -0.15) is 11.8 Å². The van der Waals surface area contributed by atoms with Gasteiger partial charge >= 0.3 is 0 Å². The zero-order chi connectivity index (χ0) is 14.2. The molecule has 3 heteroatoms.